The van der Waals surface area contributed by atoms with E-state index in [1.54, 1.807) is 12.1 Å². The number of allylic oxidation sites excluding steroid dienone is 2. The first-order valence-corrected chi connectivity index (χ1v) is 18.5. The molecule has 4 aromatic rings. The number of benzene rings is 4. The molecule has 4 aromatic carbocycles. The van der Waals surface area contributed by atoms with Gasteiger partial charge in [-0.15, -0.1) is 0 Å². The summed E-state index contributed by atoms with van der Waals surface area (Å²) in [4.78, 5) is 0. The largest absolute Gasteiger partial charge is 0.507 e. The van der Waals surface area contributed by atoms with Crippen molar-refractivity contribution in [1.82, 2.24) is 0 Å². The van der Waals surface area contributed by atoms with Gasteiger partial charge in [0.15, 0.2) is 0 Å². The van der Waals surface area contributed by atoms with Gasteiger partial charge in [0.25, 0.3) is 0 Å². The first kappa shape index (κ1) is 35.3. The molecule has 0 aliphatic rings. The summed E-state index contributed by atoms with van der Waals surface area (Å²) in [6, 6.07) is 20.2. The van der Waals surface area contributed by atoms with Crippen molar-refractivity contribution in [2.24, 2.45) is 0 Å². The van der Waals surface area contributed by atoms with Crippen molar-refractivity contribution >= 4 is 33.7 Å². The zero-order valence-electron chi connectivity index (χ0n) is 28.7. The predicted octanol–water partition coefficient (Wildman–Crippen LogP) is 14.2. The minimum Gasteiger partial charge on any atom is -0.507 e. The molecule has 0 saturated carbocycles. The molecule has 0 heterocycles. The van der Waals surface area contributed by atoms with Gasteiger partial charge in [0.2, 0.25) is 0 Å². The predicted molar refractivity (Wildman–Crippen MR) is 203 cm³/mol. The summed E-state index contributed by atoms with van der Waals surface area (Å²) in [7, 11) is 0. The molecule has 4 rings (SSSR count). The van der Waals surface area contributed by atoms with E-state index >= 15 is 0 Å². The van der Waals surface area contributed by atoms with Gasteiger partial charge in [-0.3, -0.25) is 0 Å². The van der Waals surface area contributed by atoms with E-state index in [-0.39, 0.29) is 11.5 Å². The van der Waals surface area contributed by atoms with Crippen molar-refractivity contribution in [1.29, 1.82) is 0 Å². The summed E-state index contributed by atoms with van der Waals surface area (Å²) in [6.45, 7) is 4.54. The molecule has 0 aromatic heterocycles. The number of phenolic OH excluding ortho intramolecular Hbond substituents is 2. The first-order valence-electron chi connectivity index (χ1n) is 18.5. The smallest absolute Gasteiger partial charge is 0.124 e. The van der Waals surface area contributed by atoms with E-state index in [1.165, 1.54) is 103 Å². The summed E-state index contributed by atoms with van der Waals surface area (Å²) in [5.41, 5.74) is 3.70. The molecule has 0 spiro atoms. The lowest BCUT2D eigenvalue weighted by atomic mass is 9.91. The Balaban J connectivity index is 1.40. The molecular formula is C44H58O2. The Hall–Kier alpha value is -3.52. The van der Waals surface area contributed by atoms with Crippen LogP contribution in [0.2, 0.25) is 0 Å². The molecule has 2 heteroatoms. The standard InChI is InChI=1S/C44H58O2/c1-3-5-7-9-11-13-15-17-19-21-23-35-25-29-39-37(33-35)27-31-41(45)43(39)44-40-30-26-36(34-38(40)28-32-42(44)46)24-22-20-18-16-14-12-10-8-6-4-2/h21-34,45-46H,3-20H2,1-2H3. The molecular weight excluding hydrogens is 560 g/mol. The SMILES string of the molecule is CCCCCCCCCCC=Cc1ccc2c(-c3c(O)ccc4cc(C=CCCCCCCCCCC)ccc34)c(O)ccc2c1. The van der Waals surface area contributed by atoms with Gasteiger partial charge in [-0.05, 0) is 82.6 Å². The van der Waals surface area contributed by atoms with Crippen LogP contribution in [0, 0.1) is 0 Å². The van der Waals surface area contributed by atoms with Crippen LogP contribution < -0.4 is 0 Å². The van der Waals surface area contributed by atoms with E-state index < -0.39 is 0 Å². The zero-order chi connectivity index (χ0) is 32.4. The van der Waals surface area contributed by atoms with E-state index in [0.717, 1.165) is 45.5 Å². The third-order valence-electron chi connectivity index (χ3n) is 9.36. The average molecular weight is 619 g/mol. The van der Waals surface area contributed by atoms with Gasteiger partial charge in [-0.25, -0.2) is 0 Å². The molecule has 0 radical (unpaired) electrons. The number of aromatic hydroxyl groups is 2. The topological polar surface area (TPSA) is 40.5 Å². The van der Waals surface area contributed by atoms with E-state index in [9.17, 15) is 10.2 Å². The average Bonchev–Trinajstić information content (AvgIpc) is 3.07. The van der Waals surface area contributed by atoms with Crippen molar-refractivity contribution in [3.05, 3.63) is 83.9 Å². The number of unbranched alkanes of at least 4 members (excludes halogenated alkanes) is 16. The van der Waals surface area contributed by atoms with E-state index in [0.29, 0.717) is 11.1 Å². The van der Waals surface area contributed by atoms with Gasteiger partial charge in [0.1, 0.15) is 11.5 Å². The number of phenols is 2. The molecule has 0 unspecified atom stereocenters. The maximum absolute atomic E-state index is 11.1. The van der Waals surface area contributed by atoms with Crippen molar-refractivity contribution < 1.29 is 10.2 Å². The van der Waals surface area contributed by atoms with Crippen molar-refractivity contribution in [3.8, 4) is 22.6 Å². The number of rotatable bonds is 21. The molecule has 0 saturated heterocycles. The molecule has 0 bridgehead atoms. The van der Waals surface area contributed by atoms with Crippen LogP contribution in [0.25, 0.3) is 44.8 Å². The lowest BCUT2D eigenvalue weighted by Gasteiger charge is -2.15. The highest BCUT2D eigenvalue weighted by atomic mass is 16.3. The molecule has 2 nitrogen and oxygen atoms in total. The molecule has 0 aliphatic heterocycles. The maximum atomic E-state index is 11.1. The second-order valence-corrected chi connectivity index (χ2v) is 13.2. The van der Waals surface area contributed by atoms with E-state index in [2.05, 4.69) is 74.5 Å². The summed E-state index contributed by atoms with van der Waals surface area (Å²) < 4.78 is 0. The van der Waals surface area contributed by atoms with Gasteiger partial charge >= 0.3 is 0 Å². The molecule has 2 N–H and O–H groups in total. The van der Waals surface area contributed by atoms with Gasteiger partial charge < -0.3 is 10.2 Å². The van der Waals surface area contributed by atoms with Crippen molar-refractivity contribution in [3.63, 3.8) is 0 Å². The van der Waals surface area contributed by atoms with Crippen LogP contribution in [-0.4, -0.2) is 10.2 Å². The highest BCUT2D eigenvalue weighted by Gasteiger charge is 2.17. The van der Waals surface area contributed by atoms with Gasteiger partial charge in [-0.1, -0.05) is 164 Å². The highest BCUT2D eigenvalue weighted by molar-refractivity contribution is 6.10. The van der Waals surface area contributed by atoms with E-state index in [4.69, 9.17) is 0 Å². The summed E-state index contributed by atoms with van der Waals surface area (Å²) >= 11 is 0. The molecule has 0 amide bonds. The Morgan fingerprint density at radius 2 is 0.804 bits per heavy atom. The van der Waals surface area contributed by atoms with E-state index in [1.807, 2.05) is 12.1 Å². The second-order valence-electron chi connectivity index (χ2n) is 13.2. The second kappa shape index (κ2) is 19.9. The third kappa shape index (κ3) is 10.8. The Kier molecular flexibility index (Phi) is 15.3. The number of fused-ring (bicyclic) bond motifs is 2. The van der Waals surface area contributed by atoms with Gasteiger partial charge in [0.05, 0.1) is 0 Å². The molecule has 0 aliphatic carbocycles. The Morgan fingerprint density at radius 1 is 0.435 bits per heavy atom. The van der Waals surface area contributed by atoms with Crippen LogP contribution in [0.15, 0.2) is 72.8 Å². The fraction of sp³-hybridized carbons (Fsp3) is 0.455. The Morgan fingerprint density at radius 3 is 1.20 bits per heavy atom. The lowest BCUT2D eigenvalue weighted by Crippen LogP contribution is -1.88. The third-order valence-corrected chi connectivity index (χ3v) is 9.36. The summed E-state index contributed by atoms with van der Waals surface area (Å²) in [5, 5.41) is 26.2. The fourth-order valence-corrected chi connectivity index (χ4v) is 6.64. The number of hydrogen-bond donors (Lipinski definition) is 2. The molecule has 46 heavy (non-hydrogen) atoms. The normalized spacial score (nSPS) is 12.0. The van der Waals surface area contributed by atoms with Crippen LogP contribution in [-0.2, 0) is 0 Å². The van der Waals surface area contributed by atoms with Crippen molar-refractivity contribution in [2.75, 3.05) is 0 Å². The Labute approximate surface area is 279 Å². The Bertz CT molecular complexity index is 1430. The van der Waals surface area contributed by atoms with Crippen LogP contribution in [0.4, 0.5) is 0 Å². The molecule has 246 valence electrons. The van der Waals surface area contributed by atoms with Crippen LogP contribution in [0.3, 0.4) is 0 Å². The zero-order valence-corrected chi connectivity index (χ0v) is 28.7. The molecule has 0 fully saturated rings. The lowest BCUT2D eigenvalue weighted by molar-refractivity contribution is 0.470. The fourth-order valence-electron chi connectivity index (χ4n) is 6.64. The quantitative estimate of drug-likeness (QED) is 0.0912. The maximum Gasteiger partial charge on any atom is 0.124 e. The minimum absolute atomic E-state index is 0.183. The number of hydrogen-bond acceptors (Lipinski definition) is 2. The van der Waals surface area contributed by atoms with Gasteiger partial charge in [-0.2, -0.15) is 0 Å². The minimum atomic E-state index is 0.183. The summed E-state index contributed by atoms with van der Waals surface area (Å²) in [6.07, 6.45) is 32.6. The molecule has 0 atom stereocenters. The first-order chi connectivity index (χ1) is 22.6. The van der Waals surface area contributed by atoms with Crippen molar-refractivity contribution in [2.45, 2.75) is 129 Å². The van der Waals surface area contributed by atoms with Gasteiger partial charge in [0, 0.05) is 11.1 Å². The van der Waals surface area contributed by atoms with Crippen LogP contribution in [0.5, 0.6) is 11.5 Å². The monoisotopic (exact) mass is 618 g/mol. The summed E-state index contributed by atoms with van der Waals surface area (Å²) in [5.74, 6) is 0.366. The van der Waals surface area contributed by atoms with Crippen LogP contribution in [0.1, 0.15) is 141 Å². The highest BCUT2D eigenvalue weighted by Crippen LogP contribution is 2.45. The van der Waals surface area contributed by atoms with Crippen LogP contribution >= 0.6 is 0 Å².